The zero-order chi connectivity index (χ0) is 28.4. The Kier molecular flexibility index (Phi) is 7.35. The van der Waals surface area contributed by atoms with Crippen LogP contribution < -0.4 is 4.74 Å². The number of carbonyl (C=O) groups is 2. The molecule has 1 aromatic heterocycles. The number of benzene rings is 3. The number of Topliss-reactive ketones (excluding diaryl/α,β-unsaturated/α-hetero) is 1. The Morgan fingerprint density at radius 2 is 1.68 bits per heavy atom. The van der Waals surface area contributed by atoms with Gasteiger partial charge in [0.15, 0.2) is 0 Å². The van der Waals surface area contributed by atoms with Gasteiger partial charge in [-0.05, 0) is 65.4 Å². The second-order valence-corrected chi connectivity index (χ2v) is 11.2. The van der Waals surface area contributed by atoms with E-state index in [1.807, 2.05) is 49.4 Å². The van der Waals surface area contributed by atoms with Gasteiger partial charge in [0.05, 0.1) is 24.4 Å². The maximum absolute atomic E-state index is 13.4. The summed E-state index contributed by atoms with van der Waals surface area (Å²) in [5.41, 5.74) is 4.49. The number of ether oxygens (including phenoxy) is 1. The van der Waals surface area contributed by atoms with Gasteiger partial charge in [0, 0.05) is 5.56 Å². The fourth-order valence-corrected chi connectivity index (χ4v) is 4.96. The van der Waals surface area contributed by atoms with Crippen molar-refractivity contribution in [2.75, 3.05) is 0 Å². The Morgan fingerprint density at radius 1 is 0.950 bits per heavy atom. The van der Waals surface area contributed by atoms with Crippen molar-refractivity contribution < 1.29 is 23.8 Å². The van der Waals surface area contributed by atoms with Crippen molar-refractivity contribution in [3.8, 4) is 5.75 Å². The number of amides is 1. The minimum atomic E-state index is -0.767. The lowest BCUT2D eigenvalue weighted by Gasteiger charge is -2.26. The van der Waals surface area contributed by atoms with Crippen molar-refractivity contribution in [1.29, 1.82) is 0 Å². The highest BCUT2D eigenvalue weighted by Gasteiger charge is 2.46. The smallest absolute Gasteiger partial charge is 0.296 e. The third-order valence-corrected chi connectivity index (χ3v) is 7.15. The first-order valence-electron chi connectivity index (χ1n) is 13.3. The molecule has 1 N–H and O–H groups in total. The van der Waals surface area contributed by atoms with Gasteiger partial charge in [0.1, 0.15) is 23.9 Å². The van der Waals surface area contributed by atoms with E-state index in [-0.39, 0.29) is 23.3 Å². The van der Waals surface area contributed by atoms with Crippen molar-refractivity contribution in [1.82, 2.24) is 4.90 Å². The molecule has 0 bridgehead atoms. The molecule has 1 aliphatic rings. The van der Waals surface area contributed by atoms with Gasteiger partial charge >= 0.3 is 0 Å². The summed E-state index contributed by atoms with van der Waals surface area (Å²) in [4.78, 5) is 28.1. The minimum absolute atomic E-state index is 0.0495. The lowest BCUT2D eigenvalue weighted by Crippen LogP contribution is -2.29. The third-order valence-electron chi connectivity index (χ3n) is 7.15. The highest BCUT2D eigenvalue weighted by atomic mass is 16.5. The molecular formula is C34H33NO5. The summed E-state index contributed by atoms with van der Waals surface area (Å²) >= 11 is 0. The molecule has 0 aliphatic carbocycles. The van der Waals surface area contributed by atoms with Crippen LogP contribution >= 0.6 is 0 Å². The van der Waals surface area contributed by atoms with Crippen LogP contribution in [0.1, 0.15) is 60.4 Å². The van der Waals surface area contributed by atoms with Crippen LogP contribution in [0.25, 0.3) is 5.76 Å². The van der Waals surface area contributed by atoms with Crippen molar-refractivity contribution in [2.45, 2.75) is 52.3 Å². The Labute approximate surface area is 234 Å². The fourth-order valence-electron chi connectivity index (χ4n) is 4.96. The molecule has 0 radical (unpaired) electrons. The predicted molar refractivity (Wildman–Crippen MR) is 154 cm³/mol. The number of likely N-dealkylation sites (tertiary alicyclic amines) is 1. The van der Waals surface area contributed by atoms with Crippen LogP contribution in [0.2, 0.25) is 0 Å². The number of hydrogen-bond acceptors (Lipinski definition) is 5. The van der Waals surface area contributed by atoms with Crippen LogP contribution in [0.4, 0.5) is 0 Å². The number of rotatable bonds is 7. The van der Waals surface area contributed by atoms with Crippen molar-refractivity contribution >= 4 is 17.4 Å². The number of hydrogen-bond donors (Lipinski definition) is 1. The zero-order valence-electron chi connectivity index (χ0n) is 23.2. The minimum Gasteiger partial charge on any atom is -0.507 e. The van der Waals surface area contributed by atoms with Crippen LogP contribution in [0, 0.1) is 6.92 Å². The average Bonchev–Trinajstić information content (AvgIpc) is 3.54. The van der Waals surface area contributed by atoms with Crippen LogP contribution in [0.5, 0.6) is 5.75 Å². The standard InChI is InChI=1S/C34H33NO5/c1-22-7-5-8-23(19-22)21-40-27-16-12-25(13-17-27)31(36)29-30(24-10-14-26(15-11-24)34(2,3)4)35(33(38)32(29)37)20-28-9-6-18-39-28/h5-19,30,36H,20-21H2,1-4H3/b31-29+/t30-/m1/s1. The second kappa shape index (κ2) is 10.9. The van der Waals surface area contributed by atoms with Crippen LogP contribution in [0.15, 0.2) is 101 Å². The Hall–Kier alpha value is -4.58. The van der Waals surface area contributed by atoms with E-state index in [4.69, 9.17) is 9.15 Å². The molecule has 1 saturated heterocycles. The maximum Gasteiger partial charge on any atom is 0.296 e. The summed E-state index contributed by atoms with van der Waals surface area (Å²) in [5, 5.41) is 11.4. The topological polar surface area (TPSA) is 80.0 Å². The molecule has 0 unspecified atom stereocenters. The molecule has 1 atom stereocenters. The van der Waals surface area contributed by atoms with Gasteiger partial charge in [-0.3, -0.25) is 9.59 Å². The molecule has 0 spiro atoms. The highest BCUT2D eigenvalue weighted by molar-refractivity contribution is 6.46. The molecule has 1 fully saturated rings. The lowest BCUT2D eigenvalue weighted by atomic mass is 9.85. The van der Waals surface area contributed by atoms with Gasteiger partial charge in [-0.1, -0.05) is 74.9 Å². The second-order valence-electron chi connectivity index (χ2n) is 11.2. The molecule has 2 heterocycles. The van der Waals surface area contributed by atoms with E-state index in [9.17, 15) is 14.7 Å². The summed E-state index contributed by atoms with van der Waals surface area (Å²) < 4.78 is 11.4. The molecule has 40 heavy (non-hydrogen) atoms. The summed E-state index contributed by atoms with van der Waals surface area (Å²) in [6, 6.07) is 25.5. The number of carbonyl (C=O) groups excluding carboxylic acids is 2. The van der Waals surface area contributed by atoms with Crippen molar-refractivity contribution in [3.63, 3.8) is 0 Å². The largest absolute Gasteiger partial charge is 0.507 e. The fraction of sp³-hybridized carbons (Fsp3) is 0.235. The van der Waals surface area contributed by atoms with Gasteiger partial charge in [0.2, 0.25) is 0 Å². The number of nitrogens with zero attached hydrogens (tertiary/aromatic N) is 1. The molecule has 3 aromatic carbocycles. The van der Waals surface area contributed by atoms with Crippen LogP contribution in [-0.4, -0.2) is 21.7 Å². The van der Waals surface area contributed by atoms with E-state index in [0.717, 1.165) is 22.3 Å². The monoisotopic (exact) mass is 535 g/mol. The first-order chi connectivity index (χ1) is 19.1. The van der Waals surface area contributed by atoms with Gasteiger partial charge in [-0.15, -0.1) is 0 Å². The van der Waals surface area contributed by atoms with Gasteiger partial charge < -0.3 is 19.2 Å². The van der Waals surface area contributed by atoms with E-state index in [2.05, 4.69) is 26.8 Å². The van der Waals surface area contributed by atoms with Crippen LogP contribution in [0.3, 0.4) is 0 Å². The molecule has 5 rings (SSSR count). The zero-order valence-corrected chi connectivity index (χ0v) is 23.2. The molecule has 4 aromatic rings. The summed E-state index contributed by atoms with van der Waals surface area (Å²) in [6.07, 6.45) is 1.53. The highest BCUT2D eigenvalue weighted by Crippen LogP contribution is 2.41. The molecule has 204 valence electrons. The van der Waals surface area contributed by atoms with E-state index in [0.29, 0.717) is 23.7 Å². The van der Waals surface area contributed by atoms with Gasteiger partial charge in [-0.2, -0.15) is 0 Å². The van der Waals surface area contributed by atoms with Crippen molar-refractivity contribution in [2.24, 2.45) is 0 Å². The van der Waals surface area contributed by atoms with Gasteiger partial charge in [0.25, 0.3) is 11.7 Å². The quantitative estimate of drug-likeness (QED) is 0.155. The maximum atomic E-state index is 13.4. The van der Waals surface area contributed by atoms with E-state index >= 15 is 0 Å². The molecular weight excluding hydrogens is 502 g/mol. The summed E-state index contributed by atoms with van der Waals surface area (Å²) in [7, 11) is 0. The first-order valence-corrected chi connectivity index (χ1v) is 13.3. The average molecular weight is 536 g/mol. The summed E-state index contributed by atoms with van der Waals surface area (Å²) in [5.74, 6) is -0.455. The Balaban J connectivity index is 1.48. The number of aliphatic hydroxyl groups excluding tert-OH is 1. The molecule has 1 amide bonds. The molecule has 6 heteroatoms. The van der Waals surface area contributed by atoms with E-state index in [1.54, 1.807) is 36.4 Å². The van der Waals surface area contributed by atoms with E-state index in [1.165, 1.54) is 11.2 Å². The molecule has 0 saturated carbocycles. The SMILES string of the molecule is Cc1cccc(COc2ccc(/C(O)=C3\C(=O)C(=O)N(Cc4ccco4)[C@@H]3c3ccc(C(C)(C)C)cc3)cc2)c1. The Morgan fingerprint density at radius 3 is 2.30 bits per heavy atom. The number of aryl methyl sites for hydroxylation is 1. The third kappa shape index (κ3) is 5.57. The molecule has 1 aliphatic heterocycles. The predicted octanol–water partition coefficient (Wildman–Crippen LogP) is 7.09. The van der Waals surface area contributed by atoms with Gasteiger partial charge in [-0.25, -0.2) is 0 Å². The molecule has 6 nitrogen and oxygen atoms in total. The van der Waals surface area contributed by atoms with Crippen LogP contribution in [-0.2, 0) is 28.2 Å². The lowest BCUT2D eigenvalue weighted by molar-refractivity contribution is -0.140. The van der Waals surface area contributed by atoms with Crippen molar-refractivity contribution in [3.05, 3.63) is 130 Å². The number of ketones is 1. The normalized spacial score (nSPS) is 16.9. The first kappa shape index (κ1) is 27.0. The number of aliphatic hydroxyl groups is 1. The van der Waals surface area contributed by atoms with E-state index < -0.39 is 17.7 Å². The number of furan rings is 1. The Bertz CT molecular complexity index is 1540. The summed E-state index contributed by atoms with van der Waals surface area (Å²) in [6.45, 7) is 8.92.